The van der Waals surface area contributed by atoms with Crippen molar-refractivity contribution >= 4 is 0 Å². The van der Waals surface area contributed by atoms with E-state index in [4.69, 9.17) is 15.2 Å². The summed E-state index contributed by atoms with van der Waals surface area (Å²) in [5, 5.41) is 0. The van der Waals surface area contributed by atoms with Gasteiger partial charge in [0.15, 0.2) is 0 Å². The largest absolute Gasteiger partial charge is 0.496 e. The summed E-state index contributed by atoms with van der Waals surface area (Å²) in [6.07, 6.45) is 6.15. The Hall–Kier alpha value is -1.22. The van der Waals surface area contributed by atoms with Crippen LogP contribution in [0.5, 0.6) is 11.5 Å². The molecule has 0 unspecified atom stereocenters. The van der Waals surface area contributed by atoms with Gasteiger partial charge in [-0.05, 0) is 31.4 Å². The Morgan fingerprint density at radius 1 is 1.05 bits per heavy atom. The van der Waals surface area contributed by atoms with E-state index in [1.165, 1.54) is 24.8 Å². The number of methoxy groups -OCH3 is 2. The lowest BCUT2D eigenvalue weighted by Crippen LogP contribution is -2.37. The SMILES string of the molecule is COc1cc(OC)c(C2(CN)CCCCC2)cc1C. The standard InChI is InChI=1S/C16H25NO2/c1-12-9-13(15(19-3)10-14(12)18-2)16(11-17)7-5-4-6-8-16/h9-10H,4-8,11,17H2,1-3H3. The molecule has 106 valence electrons. The summed E-state index contributed by atoms with van der Waals surface area (Å²) in [5.74, 6) is 1.79. The Kier molecular flexibility index (Phi) is 4.35. The van der Waals surface area contributed by atoms with Crippen LogP contribution in [-0.2, 0) is 5.41 Å². The van der Waals surface area contributed by atoms with Crippen molar-refractivity contribution in [3.63, 3.8) is 0 Å². The van der Waals surface area contributed by atoms with Crippen molar-refractivity contribution in [2.75, 3.05) is 20.8 Å². The molecule has 1 saturated carbocycles. The highest BCUT2D eigenvalue weighted by molar-refractivity contribution is 5.49. The molecule has 19 heavy (non-hydrogen) atoms. The Morgan fingerprint density at radius 2 is 1.68 bits per heavy atom. The predicted molar refractivity (Wildman–Crippen MR) is 78.1 cm³/mol. The smallest absolute Gasteiger partial charge is 0.126 e. The first-order chi connectivity index (χ1) is 9.16. The average Bonchev–Trinajstić information content (AvgIpc) is 2.47. The number of aryl methyl sites for hydroxylation is 1. The van der Waals surface area contributed by atoms with Crippen LogP contribution < -0.4 is 15.2 Å². The molecule has 0 heterocycles. The molecule has 1 fully saturated rings. The van der Waals surface area contributed by atoms with Crippen molar-refractivity contribution in [3.8, 4) is 11.5 Å². The summed E-state index contributed by atoms with van der Waals surface area (Å²) in [6.45, 7) is 2.77. The molecule has 1 aromatic carbocycles. The fourth-order valence-electron chi connectivity index (χ4n) is 3.28. The van der Waals surface area contributed by atoms with Gasteiger partial charge in [0, 0.05) is 23.6 Å². The van der Waals surface area contributed by atoms with Gasteiger partial charge in [0.2, 0.25) is 0 Å². The first kappa shape index (κ1) is 14.2. The van der Waals surface area contributed by atoms with E-state index in [0.29, 0.717) is 6.54 Å². The molecule has 0 bridgehead atoms. The summed E-state index contributed by atoms with van der Waals surface area (Å²) in [5.41, 5.74) is 8.62. The molecule has 0 saturated heterocycles. The topological polar surface area (TPSA) is 44.5 Å². The van der Waals surface area contributed by atoms with Gasteiger partial charge in [-0.25, -0.2) is 0 Å². The Morgan fingerprint density at radius 3 is 2.21 bits per heavy atom. The average molecular weight is 263 g/mol. The van der Waals surface area contributed by atoms with Crippen molar-refractivity contribution in [2.24, 2.45) is 5.73 Å². The van der Waals surface area contributed by atoms with Gasteiger partial charge in [0.1, 0.15) is 11.5 Å². The number of rotatable bonds is 4. The second-order valence-electron chi connectivity index (χ2n) is 5.57. The van der Waals surface area contributed by atoms with Crippen LogP contribution in [0.3, 0.4) is 0 Å². The summed E-state index contributed by atoms with van der Waals surface area (Å²) < 4.78 is 11.0. The molecule has 1 aliphatic rings. The van der Waals surface area contributed by atoms with Gasteiger partial charge in [0.05, 0.1) is 14.2 Å². The van der Waals surface area contributed by atoms with Crippen molar-refractivity contribution in [1.82, 2.24) is 0 Å². The van der Waals surface area contributed by atoms with Crippen LogP contribution in [0.2, 0.25) is 0 Å². The Labute approximate surface area is 116 Å². The van der Waals surface area contributed by atoms with Crippen LogP contribution in [0.4, 0.5) is 0 Å². The molecule has 0 aromatic heterocycles. The highest BCUT2D eigenvalue weighted by Gasteiger charge is 2.35. The molecule has 0 spiro atoms. The minimum Gasteiger partial charge on any atom is -0.496 e. The lowest BCUT2D eigenvalue weighted by molar-refractivity contribution is 0.286. The van der Waals surface area contributed by atoms with Gasteiger partial charge in [-0.15, -0.1) is 0 Å². The number of benzene rings is 1. The quantitative estimate of drug-likeness (QED) is 0.907. The maximum Gasteiger partial charge on any atom is 0.126 e. The first-order valence-corrected chi connectivity index (χ1v) is 7.10. The van der Waals surface area contributed by atoms with Crippen LogP contribution in [0.25, 0.3) is 0 Å². The van der Waals surface area contributed by atoms with E-state index >= 15 is 0 Å². The lowest BCUT2D eigenvalue weighted by Gasteiger charge is -2.38. The molecule has 0 amide bonds. The summed E-state index contributed by atoms with van der Waals surface area (Å²) >= 11 is 0. The molecule has 0 radical (unpaired) electrons. The van der Waals surface area contributed by atoms with Gasteiger partial charge in [0.25, 0.3) is 0 Å². The second kappa shape index (κ2) is 5.83. The summed E-state index contributed by atoms with van der Waals surface area (Å²) in [4.78, 5) is 0. The van der Waals surface area contributed by atoms with E-state index in [2.05, 4.69) is 13.0 Å². The summed E-state index contributed by atoms with van der Waals surface area (Å²) in [6, 6.07) is 4.20. The predicted octanol–water partition coefficient (Wildman–Crippen LogP) is 3.17. The Balaban J connectivity index is 2.49. The fourth-order valence-corrected chi connectivity index (χ4v) is 3.28. The van der Waals surface area contributed by atoms with E-state index < -0.39 is 0 Å². The van der Waals surface area contributed by atoms with Crippen LogP contribution in [-0.4, -0.2) is 20.8 Å². The zero-order chi connectivity index (χ0) is 13.9. The normalized spacial score (nSPS) is 18.1. The monoisotopic (exact) mass is 263 g/mol. The number of hydrogen-bond acceptors (Lipinski definition) is 3. The molecule has 1 aliphatic carbocycles. The second-order valence-corrected chi connectivity index (χ2v) is 5.57. The number of hydrogen-bond donors (Lipinski definition) is 1. The lowest BCUT2D eigenvalue weighted by atomic mass is 9.69. The molecule has 2 rings (SSSR count). The highest BCUT2D eigenvalue weighted by Crippen LogP contribution is 2.44. The summed E-state index contributed by atoms with van der Waals surface area (Å²) in [7, 11) is 3.42. The Bertz CT molecular complexity index is 437. The van der Waals surface area contributed by atoms with Gasteiger partial charge in [-0.3, -0.25) is 0 Å². The molecular weight excluding hydrogens is 238 g/mol. The highest BCUT2D eigenvalue weighted by atomic mass is 16.5. The maximum atomic E-state index is 6.13. The molecule has 0 aliphatic heterocycles. The molecular formula is C16H25NO2. The van der Waals surface area contributed by atoms with E-state index in [9.17, 15) is 0 Å². The van der Waals surface area contributed by atoms with Crippen molar-refractivity contribution in [3.05, 3.63) is 23.3 Å². The van der Waals surface area contributed by atoms with Crippen molar-refractivity contribution < 1.29 is 9.47 Å². The third kappa shape index (κ3) is 2.57. The molecule has 1 aromatic rings. The third-order valence-corrected chi connectivity index (χ3v) is 4.49. The van der Waals surface area contributed by atoms with E-state index in [-0.39, 0.29) is 5.41 Å². The van der Waals surface area contributed by atoms with Crippen molar-refractivity contribution in [2.45, 2.75) is 44.4 Å². The van der Waals surface area contributed by atoms with Crippen LogP contribution in [0.15, 0.2) is 12.1 Å². The first-order valence-electron chi connectivity index (χ1n) is 7.10. The van der Waals surface area contributed by atoms with Crippen molar-refractivity contribution in [1.29, 1.82) is 0 Å². The van der Waals surface area contributed by atoms with E-state index in [1.54, 1.807) is 14.2 Å². The van der Waals surface area contributed by atoms with E-state index in [0.717, 1.165) is 29.9 Å². The fraction of sp³-hybridized carbons (Fsp3) is 0.625. The molecule has 3 heteroatoms. The molecule has 3 nitrogen and oxygen atoms in total. The van der Waals surface area contributed by atoms with Gasteiger partial charge in [-0.2, -0.15) is 0 Å². The van der Waals surface area contributed by atoms with Crippen LogP contribution >= 0.6 is 0 Å². The molecule has 2 N–H and O–H groups in total. The van der Waals surface area contributed by atoms with Gasteiger partial charge < -0.3 is 15.2 Å². The zero-order valence-electron chi connectivity index (χ0n) is 12.3. The van der Waals surface area contributed by atoms with Gasteiger partial charge in [-0.1, -0.05) is 19.3 Å². The number of nitrogens with two attached hydrogens (primary N) is 1. The zero-order valence-corrected chi connectivity index (χ0v) is 12.3. The minimum atomic E-state index is 0.0840. The van der Waals surface area contributed by atoms with Crippen LogP contribution in [0.1, 0.15) is 43.2 Å². The molecule has 0 atom stereocenters. The van der Waals surface area contributed by atoms with Crippen LogP contribution in [0, 0.1) is 6.92 Å². The maximum absolute atomic E-state index is 6.13. The minimum absolute atomic E-state index is 0.0840. The number of ether oxygens (including phenoxy) is 2. The van der Waals surface area contributed by atoms with Gasteiger partial charge >= 0.3 is 0 Å². The third-order valence-electron chi connectivity index (χ3n) is 4.49. The van der Waals surface area contributed by atoms with E-state index in [1.807, 2.05) is 6.07 Å².